The Morgan fingerprint density at radius 1 is 1.17 bits per heavy atom. The number of hydrogen-bond acceptors (Lipinski definition) is 5. The van der Waals surface area contributed by atoms with Crippen LogP contribution in [0.2, 0.25) is 0 Å². The summed E-state index contributed by atoms with van der Waals surface area (Å²) in [5.41, 5.74) is 2.42. The number of amides is 2. The van der Waals surface area contributed by atoms with Crippen LogP contribution in [0.25, 0.3) is 0 Å². The zero-order chi connectivity index (χ0) is 21.5. The number of benzene rings is 2. The fraction of sp³-hybridized carbons (Fsp3) is 0.391. The van der Waals surface area contributed by atoms with Crippen LogP contribution in [-0.2, 0) is 22.7 Å². The fourth-order valence-corrected chi connectivity index (χ4v) is 3.63. The van der Waals surface area contributed by atoms with Gasteiger partial charge >= 0.3 is 0 Å². The molecule has 1 aliphatic rings. The molecule has 7 heteroatoms. The number of nitrogens with one attached hydrogen (secondary N) is 1. The Bertz CT molecular complexity index is 858. The summed E-state index contributed by atoms with van der Waals surface area (Å²) < 4.78 is 17.1. The maximum Gasteiger partial charge on any atom is 0.254 e. The van der Waals surface area contributed by atoms with Crippen molar-refractivity contribution in [3.63, 3.8) is 0 Å². The van der Waals surface area contributed by atoms with Gasteiger partial charge in [-0.05, 0) is 37.6 Å². The molecule has 1 heterocycles. The Morgan fingerprint density at radius 3 is 2.50 bits per heavy atom. The van der Waals surface area contributed by atoms with E-state index in [1.807, 2.05) is 61.2 Å². The summed E-state index contributed by atoms with van der Waals surface area (Å²) in [7, 11) is 1.57. The van der Waals surface area contributed by atoms with Gasteiger partial charge in [0, 0.05) is 30.8 Å². The largest absolute Gasteiger partial charge is 0.493 e. The van der Waals surface area contributed by atoms with Crippen LogP contribution in [0.15, 0.2) is 42.5 Å². The average Bonchev–Trinajstić information content (AvgIpc) is 2.75. The molecule has 0 radical (unpaired) electrons. The summed E-state index contributed by atoms with van der Waals surface area (Å²) in [5, 5.41) is 2.63. The van der Waals surface area contributed by atoms with E-state index in [9.17, 15) is 9.59 Å². The monoisotopic (exact) mass is 412 g/mol. The first-order valence-electron chi connectivity index (χ1n) is 10.0. The van der Waals surface area contributed by atoms with Crippen LogP contribution >= 0.6 is 0 Å². The van der Waals surface area contributed by atoms with Crippen molar-refractivity contribution in [2.75, 3.05) is 20.2 Å². The Labute approximate surface area is 176 Å². The number of ether oxygens (including phenoxy) is 3. The van der Waals surface area contributed by atoms with Crippen LogP contribution in [0.1, 0.15) is 35.3 Å². The fourth-order valence-electron chi connectivity index (χ4n) is 3.63. The zero-order valence-electron chi connectivity index (χ0n) is 17.6. The highest BCUT2D eigenvalue weighted by Crippen LogP contribution is 2.31. The van der Waals surface area contributed by atoms with E-state index >= 15 is 0 Å². The molecule has 0 saturated carbocycles. The quantitative estimate of drug-likeness (QED) is 0.675. The van der Waals surface area contributed by atoms with Gasteiger partial charge in [0.1, 0.15) is 6.61 Å². The van der Waals surface area contributed by atoms with Gasteiger partial charge in [-0.2, -0.15) is 0 Å². The summed E-state index contributed by atoms with van der Waals surface area (Å²) in [4.78, 5) is 25.2. The van der Waals surface area contributed by atoms with E-state index in [-0.39, 0.29) is 18.1 Å². The number of nitrogens with zero attached hydrogens (tertiary/aromatic N) is 1. The van der Waals surface area contributed by atoms with Crippen LogP contribution in [-0.4, -0.2) is 49.6 Å². The van der Waals surface area contributed by atoms with E-state index < -0.39 is 0 Å². The lowest BCUT2D eigenvalue weighted by molar-refractivity contribution is -0.109. The number of carbonyl (C=O) groups is 2. The summed E-state index contributed by atoms with van der Waals surface area (Å²) >= 11 is 0. The molecule has 2 amide bonds. The Kier molecular flexibility index (Phi) is 7.30. The van der Waals surface area contributed by atoms with Gasteiger partial charge < -0.3 is 24.4 Å². The first-order valence-corrected chi connectivity index (χ1v) is 10.0. The van der Waals surface area contributed by atoms with Gasteiger partial charge in [-0.15, -0.1) is 0 Å². The predicted molar refractivity (Wildman–Crippen MR) is 113 cm³/mol. The number of morpholine rings is 1. The van der Waals surface area contributed by atoms with Crippen LogP contribution < -0.4 is 14.8 Å². The van der Waals surface area contributed by atoms with Crippen molar-refractivity contribution in [1.82, 2.24) is 10.2 Å². The molecule has 7 nitrogen and oxygen atoms in total. The number of para-hydroxylation sites is 1. The van der Waals surface area contributed by atoms with Gasteiger partial charge in [-0.25, -0.2) is 0 Å². The molecule has 1 fully saturated rings. The van der Waals surface area contributed by atoms with Crippen LogP contribution in [0, 0.1) is 0 Å². The lowest BCUT2D eigenvalue weighted by atomic mass is 10.1. The molecular weight excluding hydrogens is 384 g/mol. The molecular formula is C23H28N2O5. The van der Waals surface area contributed by atoms with Gasteiger partial charge in [0.15, 0.2) is 11.5 Å². The van der Waals surface area contributed by atoms with Gasteiger partial charge in [0.25, 0.3) is 5.91 Å². The number of carbonyl (C=O) groups excluding carboxylic acids is 2. The summed E-state index contributed by atoms with van der Waals surface area (Å²) in [6, 6.07) is 13.0. The molecule has 3 rings (SSSR count). The SMILES string of the molecule is COc1c(CNC=O)cccc1OCc1ccc(C(=O)N2CC(C)OC(C)C2)cc1. The average molecular weight is 412 g/mol. The van der Waals surface area contributed by atoms with Crippen molar-refractivity contribution in [2.24, 2.45) is 0 Å². The van der Waals surface area contributed by atoms with E-state index in [1.165, 1.54) is 0 Å². The minimum atomic E-state index is 0.0153. The topological polar surface area (TPSA) is 77.1 Å². The molecule has 1 aliphatic heterocycles. The van der Waals surface area contributed by atoms with E-state index in [4.69, 9.17) is 14.2 Å². The molecule has 0 aliphatic carbocycles. The number of rotatable bonds is 8. The lowest BCUT2D eigenvalue weighted by Crippen LogP contribution is -2.48. The summed E-state index contributed by atoms with van der Waals surface area (Å²) in [5.74, 6) is 1.20. The third-order valence-corrected chi connectivity index (χ3v) is 4.94. The minimum absolute atomic E-state index is 0.0153. The van der Waals surface area contributed by atoms with Crippen molar-refractivity contribution >= 4 is 12.3 Å². The predicted octanol–water partition coefficient (Wildman–Crippen LogP) is 2.77. The Hall–Kier alpha value is -3.06. The molecule has 2 atom stereocenters. The molecule has 1 N–H and O–H groups in total. The second kappa shape index (κ2) is 10.1. The third kappa shape index (κ3) is 5.30. The van der Waals surface area contributed by atoms with Gasteiger partial charge in [0.2, 0.25) is 6.41 Å². The van der Waals surface area contributed by atoms with Crippen molar-refractivity contribution in [3.8, 4) is 11.5 Å². The Morgan fingerprint density at radius 2 is 1.87 bits per heavy atom. The number of methoxy groups -OCH3 is 1. The second-order valence-corrected chi connectivity index (χ2v) is 7.40. The highest BCUT2D eigenvalue weighted by atomic mass is 16.5. The highest BCUT2D eigenvalue weighted by molar-refractivity contribution is 5.94. The molecule has 2 aromatic carbocycles. The standard InChI is InChI=1S/C23H28N2O5/c1-16-12-25(13-17(2)30-16)23(27)19-9-7-18(8-10-19)14-29-21-6-4-5-20(11-24-15-26)22(21)28-3/h4-10,15-17H,11-14H2,1-3H3,(H,24,26). The lowest BCUT2D eigenvalue weighted by Gasteiger charge is -2.35. The van der Waals surface area contributed by atoms with Crippen LogP contribution in [0.4, 0.5) is 0 Å². The van der Waals surface area contributed by atoms with E-state index in [2.05, 4.69) is 5.32 Å². The molecule has 0 bridgehead atoms. The molecule has 30 heavy (non-hydrogen) atoms. The molecule has 2 unspecified atom stereocenters. The van der Waals surface area contributed by atoms with Crippen molar-refractivity contribution in [1.29, 1.82) is 0 Å². The normalized spacial score (nSPS) is 18.6. The zero-order valence-corrected chi connectivity index (χ0v) is 17.6. The molecule has 160 valence electrons. The van der Waals surface area contributed by atoms with Crippen molar-refractivity contribution in [3.05, 3.63) is 59.2 Å². The van der Waals surface area contributed by atoms with Crippen molar-refractivity contribution in [2.45, 2.75) is 39.2 Å². The maximum absolute atomic E-state index is 12.8. The van der Waals surface area contributed by atoms with Gasteiger partial charge in [0.05, 0.1) is 19.3 Å². The smallest absolute Gasteiger partial charge is 0.254 e. The molecule has 0 spiro atoms. The van der Waals surface area contributed by atoms with Gasteiger partial charge in [-0.3, -0.25) is 9.59 Å². The maximum atomic E-state index is 12.8. The number of hydrogen-bond donors (Lipinski definition) is 1. The van der Waals surface area contributed by atoms with Crippen molar-refractivity contribution < 1.29 is 23.8 Å². The highest BCUT2D eigenvalue weighted by Gasteiger charge is 2.26. The molecule has 1 saturated heterocycles. The van der Waals surface area contributed by atoms with E-state index in [0.29, 0.717) is 49.7 Å². The summed E-state index contributed by atoms with van der Waals surface area (Å²) in [6.45, 7) is 5.86. The minimum Gasteiger partial charge on any atom is -0.493 e. The van der Waals surface area contributed by atoms with Crippen LogP contribution in [0.5, 0.6) is 11.5 Å². The molecule has 2 aromatic rings. The first-order chi connectivity index (χ1) is 14.5. The van der Waals surface area contributed by atoms with E-state index in [0.717, 1.165) is 11.1 Å². The third-order valence-electron chi connectivity index (χ3n) is 4.94. The second-order valence-electron chi connectivity index (χ2n) is 7.40. The molecule has 0 aromatic heterocycles. The summed E-state index contributed by atoms with van der Waals surface area (Å²) in [6.07, 6.45) is 0.726. The van der Waals surface area contributed by atoms with E-state index in [1.54, 1.807) is 7.11 Å². The van der Waals surface area contributed by atoms with Gasteiger partial charge in [-0.1, -0.05) is 24.3 Å². The Balaban J connectivity index is 1.64. The van der Waals surface area contributed by atoms with Crippen LogP contribution in [0.3, 0.4) is 0 Å². The first kappa shape index (κ1) is 21.6.